The molecule has 0 spiro atoms. The molecule has 1 heterocycles. The number of aromatic nitrogens is 2. The third kappa shape index (κ3) is 2.90. The summed E-state index contributed by atoms with van der Waals surface area (Å²) in [5.41, 5.74) is 5.85. The standard InChI is InChI=1S/C10H16N4O/c1-4-8-13-5-7(9(11)12)10(14-8)15-6(2)3/h5-6H,4H2,1-3H3,(H3,11,12). The number of nitrogens with two attached hydrogens (primary N) is 1. The molecule has 0 aromatic carbocycles. The van der Waals surface area contributed by atoms with Crippen LogP contribution in [0.25, 0.3) is 0 Å². The first kappa shape index (κ1) is 11.4. The molecular formula is C10H16N4O. The van der Waals surface area contributed by atoms with Crippen molar-refractivity contribution >= 4 is 5.84 Å². The maximum Gasteiger partial charge on any atom is 0.228 e. The SMILES string of the molecule is CCc1ncc(C(=N)N)c(OC(C)C)n1. The molecule has 0 atom stereocenters. The van der Waals surface area contributed by atoms with E-state index in [1.54, 1.807) is 0 Å². The number of amidine groups is 1. The molecule has 1 aromatic rings. The van der Waals surface area contributed by atoms with Gasteiger partial charge >= 0.3 is 0 Å². The van der Waals surface area contributed by atoms with Gasteiger partial charge in [-0.05, 0) is 13.8 Å². The highest BCUT2D eigenvalue weighted by Gasteiger charge is 2.11. The van der Waals surface area contributed by atoms with Gasteiger partial charge in [0.1, 0.15) is 11.7 Å². The van der Waals surface area contributed by atoms with Crippen molar-refractivity contribution in [2.75, 3.05) is 0 Å². The number of ether oxygens (including phenoxy) is 1. The molecule has 82 valence electrons. The predicted octanol–water partition coefficient (Wildman–Crippen LogP) is 1.11. The van der Waals surface area contributed by atoms with Crippen LogP contribution in [0.2, 0.25) is 0 Å². The lowest BCUT2D eigenvalue weighted by molar-refractivity contribution is 0.231. The van der Waals surface area contributed by atoms with Gasteiger partial charge in [0.25, 0.3) is 0 Å². The van der Waals surface area contributed by atoms with E-state index in [9.17, 15) is 0 Å². The van der Waals surface area contributed by atoms with Crippen molar-refractivity contribution in [2.24, 2.45) is 5.73 Å². The number of hydrogen-bond acceptors (Lipinski definition) is 4. The van der Waals surface area contributed by atoms with Crippen LogP contribution in [-0.4, -0.2) is 21.9 Å². The molecule has 1 rings (SSSR count). The topological polar surface area (TPSA) is 84.9 Å². The van der Waals surface area contributed by atoms with Crippen molar-refractivity contribution in [3.05, 3.63) is 17.6 Å². The van der Waals surface area contributed by atoms with Crippen LogP contribution < -0.4 is 10.5 Å². The van der Waals surface area contributed by atoms with Gasteiger partial charge in [-0.15, -0.1) is 0 Å². The van der Waals surface area contributed by atoms with Gasteiger partial charge in [0.05, 0.1) is 11.7 Å². The number of nitrogens with one attached hydrogen (secondary N) is 1. The molecule has 0 bridgehead atoms. The van der Waals surface area contributed by atoms with Crippen molar-refractivity contribution in [1.82, 2.24) is 9.97 Å². The first-order valence-electron chi connectivity index (χ1n) is 4.91. The van der Waals surface area contributed by atoms with Crippen molar-refractivity contribution in [1.29, 1.82) is 5.41 Å². The molecule has 5 heteroatoms. The van der Waals surface area contributed by atoms with Gasteiger partial charge in [0.15, 0.2) is 0 Å². The fraction of sp³-hybridized carbons (Fsp3) is 0.500. The fourth-order valence-electron chi connectivity index (χ4n) is 1.07. The van der Waals surface area contributed by atoms with E-state index in [4.69, 9.17) is 15.9 Å². The van der Waals surface area contributed by atoms with Crippen LogP contribution in [0.15, 0.2) is 6.20 Å². The maximum atomic E-state index is 7.37. The summed E-state index contributed by atoms with van der Waals surface area (Å²) >= 11 is 0. The number of nitrogen functional groups attached to an aromatic ring is 1. The first-order chi connectivity index (χ1) is 7.04. The minimum atomic E-state index is -0.0756. The number of nitrogens with zero attached hydrogens (tertiary/aromatic N) is 2. The number of rotatable bonds is 4. The predicted molar refractivity (Wildman–Crippen MR) is 58.2 cm³/mol. The molecule has 0 fully saturated rings. The third-order valence-corrected chi connectivity index (χ3v) is 1.76. The summed E-state index contributed by atoms with van der Waals surface area (Å²) in [6, 6.07) is 0. The quantitative estimate of drug-likeness (QED) is 0.573. The molecule has 5 nitrogen and oxygen atoms in total. The lowest BCUT2D eigenvalue weighted by Crippen LogP contribution is -2.18. The lowest BCUT2D eigenvalue weighted by Gasteiger charge is -2.12. The Labute approximate surface area is 89.2 Å². The summed E-state index contributed by atoms with van der Waals surface area (Å²) in [6.45, 7) is 5.76. The minimum Gasteiger partial charge on any atom is -0.474 e. The molecule has 0 amide bonds. The third-order valence-electron chi connectivity index (χ3n) is 1.76. The Hall–Kier alpha value is -1.65. The van der Waals surface area contributed by atoms with Crippen molar-refractivity contribution < 1.29 is 4.74 Å². The first-order valence-corrected chi connectivity index (χ1v) is 4.91. The molecular weight excluding hydrogens is 192 g/mol. The molecule has 0 saturated carbocycles. The zero-order valence-electron chi connectivity index (χ0n) is 9.24. The average molecular weight is 208 g/mol. The van der Waals surface area contributed by atoms with Gasteiger partial charge in [-0.25, -0.2) is 4.98 Å². The van der Waals surface area contributed by atoms with E-state index >= 15 is 0 Å². The fourth-order valence-corrected chi connectivity index (χ4v) is 1.07. The van der Waals surface area contributed by atoms with Crippen LogP contribution in [0.3, 0.4) is 0 Å². The second-order valence-corrected chi connectivity index (χ2v) is 3.44. The molecule has 15 heavy (non-hydrogen) atoms. The van der Waals surface area contributed by atoms with E-state index in [-0.39, 0.29) is 11.9 Å². The van der Waals surface area contributed by atoms with Crippen molar-refractivity contribution in [3.63, 3.8) is 0 Å². The molecule has 1 aromatic heterocycles. The maximum absolute atomic E-state index is 7.37. The highest BCUT2D eigenvalue weighted by atomic mass is 16.5. The zero-order chi connectivity index (χ0) is 11.4. The largest absolute Gasteiger partial charge is 0.474 e. The van der Waals surface area contributed by atoms with Gasteiger partial charge in [0, 0.05) is 12.6 Å². The Kier molecular flexibility index (Phi) is 3.60. The van der Waals surface area contributed by atoms with E-state index in [0.717, 1.165) is 6.42 Å². The van der Waals surface area contributed by atoms with Gasteiger partial charge < -0.3 is 10.5 Å². The molecule has 0 saturated heterocycles. The minimum absolute atomic E-state index is 0.00251. The average Bonchev–Trinajstić information content (AvgIpc) is 2.16. The summed E-state index contributed by atoms with van der Waals surface area (Å²) in [5.74, 6) is 1.01. The van der Waals surface area contributed by atoms with Crippen molar-refractivity contribution in [2.45, 2.75) is 33.3 Å². The Balaban J connectivity index is 3.10. The van der Waals surface area contributed by atoms with E-state index in [0.29, 0.717) is 17.3 Å². The second-order valence-electron chi connectivity index (χ2n) is 3.44. The van der Waals surface area contributed by atoms with Crippen LogP contribution in [0.1, 0.15) is 32.2 Å². The highest BCUT2D eigenvalue weighted by Crippen LogP contribution is 2.15. The smallest absolute Gasteiger partial charge is 0.228 e. The summed E-state index contributed by atoms with van der Waals surface area (Å²) in [7, 11) is 0. The van der Waals surface area contributed by atoms with Crippen LogP contribution in [0.5, 0.6) is 5.88 Å². The van der Waals surface area contributed by atoms with Crippen LogP contribution in [0.4, 0.5) is 0 Å². The van der Waals surface area contributed by atoms with E-state index in [2.05, 4.69) is 9.97 Å². The second kappa shape index (κ2) is 4.72. The molecule has 0 aliphatic heterocycles. The van der Waals surface area contributed by atoms with Gasteiger partial charge in [-0.1, -0.05) is 6.92 Å². The van der Waals surface area contributed by atoms with E-state index in [1.807, 2.05) is 20.8 Å². The normalized spacial score (nSPS) is 10.4. The Morgan fingerprint density at radius 1 is 1.60 bits per heavy atom. The van der Waals surface area contributed by atoms with Crippen LogP contribution in [0, 0.1) is 5.41 Å². The van der Waals surface area contributed by atoms with Gasteiger partial charge in [0.2, 0.25) is 5.88 Å². The Morgan fingerprint density at radius 3 is 2.73 bits per heavy atom. The molecule has 0 aliphatic rings. The Bertz CT molecular complexity index is 362. The number of aryl methyl sites for hydroxylation is 1. The van der Waals surface area contributed by atoms with Crippen LogP contribution in [-0.2, 0) is 6.42 Å². The summed E-state index contributed by atoms with van der Waals surface area (Å²) in [6.07, 6.45) is 2.26. The highest BCUT2D eigenvalue weighted by molar-refractivity contribution is 5.96. The summed E-state index contributed by atoms with van der Waals surface area (Å²) in [5, 5.41) is 7.37. The molecule has 0 aliphatic carbocycles. The van der Waals surface area contributed by atoms with Crippen molar-refractivity contribution in [3.8, 4) is 5.88 Å². The summed E-state index contributed by atoms with van der Waals surface area (Å²) in [4.78, 5) is 8.27. The molecule has 3 N–H and O–H groups in total. The van der Waals surface area contributed by atoms with Gasteiger partial charge in [-0.3, -0.25) is 5.41 Å². The summed E-state index contributed by atoms with van der Waals surface area (Å²) < 4.78 is 5.48. The van der Waals surface area contributed by atoms with E-state index < -0.39 is 0 Å². The molecule has 0 unspecified atom stereocenters. The monoisotopic (exact) mass is 208 g/mol. The van der Waals surface area contributed by atoms with Gasteiger partial charge in [-0.2, -0.15) is 4.98 Å². The lowest BCUT2D eigenvalue weighted by atomic mass is 10.3. The molecule has 0 radical (unpaired) electrons. The van der Waals surface area contributed by atoms with E-state index in [1.165, 1.54) is 6.20 Å². The van der Waals surface area contributed by atoms with Crippen LogP contribution >= 0.6 is 0 Å². The Morgan fingerprint density at radius 2 is 2.27 bits per heavy atom. The number of hydrogen-bond donors (Lipinski definition) is 2. The zero-order valence-corrected chi connectivity index (χ0v) is 9.24.